The van der Waals surface area contributed by atoms with Gasteiger partial charge in [0.05, 0.1) is 16.8 Å². The van der Waals surface area contributed by atoms with E-state index in [4.69, 9.17) is 0 Å². The van der Waals surface area contributed by atoms with Crippen molar-refractivity contribution in [3.8, 4) is 0 Å². The molecule has 50 valence electrons. The molecule has 0 unspecified atom stereocenters. The molecule has 2 aliphatic rings. The molecule has 0 spiro atoms. The maximum absolute atomic E-state index is 3.96. The molecule has 0 aromatic heterocycles. The molecule has 1 atom stereocenters. The minimum absolute atomic E-state index is 0.245. The van der Waals surface area contributed by atoms with Gasteiger partial charge in [0.15, 0.2) is 0 Å². The number of alkyl halides is 1. The summed E-state index contributed by atoms with van der Waals surface area (Å²) in [6, 6.07) is 0. The van der Waals surface area contributed by atoms with E-state index in [2.05, 4.69) is 26.1 Å². The van der Waals surface area contributed by atoms with Crippen molar-refractivity contribution in [3.63, 3.8) is 0 Å². The molecule has 2 rings (SSSR count). The highest BCUT2D eigenvalue weighted by Crippen LogP contribution is 2.18. The molecule has 0 N–H and O–H groups in total. The largest absolute Gasteiger partial charge is 0.158 e. The van der Waals surface area contributed by atoms with E-state index in [1.54, 1.807) is 6.21 Å². The molecule has 3 heteroatoms. The van der Waals surface area contributed by atoms with Crippen LogP contribution in [0.3, 0.4) is 0 Å². The minimum Gasteiger partial charge on any atom is -0.158 e. The molecule has 0 saturated carbocycles. The Bertz CT molecular complexity index is 273. The Morgan fingerprint density at radius 3 is 3.20 bits per heavy atom. The van der Waals surface area contributed by atoms with Gasteiger partial charge < -0.3 is 0 Å². The van der Waals surface area contributed by atoms with E-state index in [1.807, 2.05) is 18.2 Å². The Kier molecular flexibility index (Phi) is 1.31. The predicted molar refractivity (Wildman–Crippen MR) is 45.9 cm³/mol. The molecule has 1 heterocycles. The van der Waals surface area contributed by atoms with Gasteiger partial charge in [-0.1, -0.05) is 34.2 Å². The van der Waals surface area contributed by atoms with E-state index < -0.39 is 0 Å². The van der Waals surface area contributed by atoms with Crippen molar-refractivity contribution in [1.82, 2.24) is 0 Å². The second-order valence-corrected chi connectivity index (χ2v) is 3.12. The summed E-state index contributed by atoms with van der Waals surface area (Å²) in [6.07, 6.45) is 7.82. The van der Waals surface area contributed by atoms with Gasteiger partial charge in [0.2, 0.25) is 0 Å². The van der Waals surface area contributed by atoms with Crippen LogP contribution in [-0.2, 0) is 0 Å². The van der Waals surface area contributed by atoms with E-state index in [0.29, 0.717) is 0 Å². The van der Waals surface area contributed by atoms with Gasteiger partial charge in [0, 0.05) is 5.57 Å². The van der Waals surface area contributed by atoms with E-state index in [9.17, 15) is 0 Å². The standard InChI is InChI=1S/C7H5BrN2/c8-6-3-1-2-5-4-9-10-7(5)6/h1-4,6H/t6-/m0/s1. The lowest BCUT2D eigenvalue weighted by molar-refractivity contribution is 1.26. The first-order valence-corrected chi connectivity index (χ1v) is 3.93. The Balaban J connectivity index is 2.45. The Labute approximate surface area is 67.2 Å². The fourth-order valence-corrected chi connectivity index (χ4v) is 1.50. The number of fused-ring (bicyclic) bond motifs is 1. The molecule has 0 aromatic rings. The Morgan fingerprint density at radius 1 is 1.50 bits per heavy atom. The number of halogens is 1. The summed E-state index contributed by atoms with van der Waals surface area (Å²) in [5.41, 5.74) is 2.13. The van der Waals surface area contributed by atoms with Gasteiger partial charge >= 0.3 is 0 Å². The summed E-state index contributed by atoms with van der Waals surface area (Å²) in [5.74, 6) is 0. The summed E-state index contributed by atoms with van der Waals surface area (Å²) in [5, 5.41) is 7.76. The molecule has 0 radical (unpaired) electrons. The lowest BCUT2D eigenvalue weighted by atomic mass is 10.0. The highest BCUT2D eigenvalue weighted by molar-refractivity contribution is 9.10. The van der Waals surface area contributed by atoms with Crippen molar-refractivity contribution >= 4 is 27.9 Å². The first-order valence-electron chi connectivity index (χ1n) is 3.02. The second-order valence-electron chi connectivity index (χ2n) is 2.14. The summed E-state index contributed by atoms with van der Waals surface area (Å²) in [7, 11) is 0. The van der Waals surface area contributed by atoms with E-state index >= 15 is 0 Å². The molecule has 1 aliphatic heterocycles. The maximum Gasteiger partial charge on any atom is 0.0893 e. The second kappa shape index (κ2) is 2.16. The molecule has 0 amide bonds. The lowest BCUT2D eigenvalue weighted by Gasteiger charge is -2.07. The van der Waals surface area contributed by atoms with Crippen LogP contribution < -0.4 is 0 Å². The van der Waals surface area contributed by atoms with Crippen molar-refractivity contribution in [2.24, 2.45) is 10.2 Å². The third-order valence-corrected chi connectivity index (χ3v) is 2.21. The van der Waals surface area contributed by atoms with Crippen LogP contribution in [0.15, 0.2) is 34.0 Å². The van der Waals surface area contributed by atoms with Gasteiger partial charge in [0.1, 0.15) is 0 Å². The van der Waals surface area contributed by atoms with E-state index in [-0.39, 0.29) is 4.83 Å². The van der Waals surface area contributed by atoms with Crippen molar-refractivity contribution in [2.75, 3.05) is 0 Å². The van der Waals surface area contributed by atoms with E-state index in [1.165, 1.54) is 0 Å². The number of hydrogen-bond donors (Lipinski definition) is 0. The molecule has 0 bridgehead atoms. The zero-order valence-corrected chi connectivity index (χ0v) is 6.75. The first-order chi connectivity index (χ1) is 4.88. The average Bonchev–Trinajstić information content (AvgIpc) is 2.36. The molecule has 0 fully saturated rings. The quantitative estimate of drug-likeness (QED) is 0.528. The molecule has 0 aromatic carbocycles. The highest BCUT2D eigenvalue weighted by Gasteiger charge is 2.18. The zero-order valence-electron chi connectivity index (χ0n) is 5.16. The normalized spacial score (nSPS) is 27.9. The number of rotatable bonds is 0. The fourth-order valence-electron chi connectivity index (χ4n) is 0.968. The SMILES string of the molecule is Br[C@H]1C=CC=C2C=NN=C21. The minimum atomic E-state index is 0.245. The Hall–Kier alpha value is -0.700. The van der Waals surface area contributed by atoms with Crippen LogP contribution in [0.25, 0.3) is 0 Å². The number of hydrogen-bond acceptors (Lipinski definition) is 2. The number of allylic oxidation sites excluding steroid dienone is 4. The summed E-state index contributed by atoms with van der Waals surface area (Å²) in [6.45, 7) is 0. The molecular weight excluding hydrogens is 192 g/mol. The summed E-state index contributed by atoms with van der Waals surface area (Å²) < 4.78 is 0. The van der Waals surface area contributed by atoms with Crippen molar-refractivity contribution < 1.29 is 0 Å². The van der Waals surface area contributed by atoms with Crippen LogP contribution in [0.4, 0.5) is 0 Å². The lowest BCUT2D eigenvalue weighted by Crippen LogP contribution is -2.14. The highest BCUT2D eigenvalue weighted by atomic mass is 79.9. The van der Waals surface area contributed by atoms with Gasteiger partial charge in [-0.2, -0.15) is 10.2 Å². The average molecular weight is 197 g/mol. The van der Waals surface area contributed by atoms with Crippen LogP contribution in [0.2, 0.25) is 0 Å². The van der Waals surface area contributed by atoms with Crippen LogP contribution in [0.5, 0.6) is 0 Å². The molecule has 10 heavy (non-hydrogen) atoms. The molecule has 1 aliphatic carbocycles. The topological polar surface area (TPSA) is 24.7 Å². The fraction of sp³-hybridized carbons (Fsp3) is 0.143. The van der Waals surface area contributed by atoms with Crippen molar-refractivity contribution in [3.05, 3.63) is 23.8 Å². The van der Waals surface area contributed by atoms with E-state index in [0.717, 1.165) is 11.3 Å². The van der Waals surface area contributed by atoms with Gasteiger partial charge in [-0.15, -0.1) is 0 Å². The van der Waals surface area contributed by atoms with Crippen LogP contribution >= 0.6 is 15.9 Å². The van der Waals surface area contributed by atoms with Crippen LogP contribution in [0.1, 0.15) is 0 Å². The molecule has 2 nitrogen and oxygen atoms in total. The van der Waals surface area contributed by atoms with Crippen LogP contribution in [-0.4, -0.2) is 16.8 Å². The summed E-state index contributed by atoms with van der Waals surface area (Å²) >= 11 is 3.46. The third kappa shape index (κ3) is 0.778. The van der Waals surface area contributed by atoms with Gasteiger partial charge in [-0.3, -0.25) is 0 Å². The monoisotopic (exact) mass is 196 g/mol. The molecular formula is C7H5BrN2. The summed E-state index contributed by atoms with van der Waals surface area (Å²) in [4.78, 5) is 0.245. The first kappa shape index (κ1) is 6.04. The van der Waals surface area contributed by atoms with Crippen LogP contribution in [0, 0.1) is 0 Å². The van der Waals surface area contributed by atoms with Gasteiger partial charge in [-0.05, 0) is 0 Å². The van der Waals surface area contributed by atoms with Gasteiger partial charge in [-0.25, -0.2) is 0 Å². The third-order valence-electron chi connectivity index (χ3n) is 1.48. The predicted octanol–water partition coefficient (Wildman–Crippen LogP) is 1.69. The molecule has 0 saturated heterocycles. The van der Waals surface area contributed by atoms with Crippen molar-refractivity contribution in [1.29, 1.82) is 0 Å². The van der Waals surface area contributed by atoms with Crippen molar-refractivity contribution in [2.45, 2.75) is 4.83 Å². The zero-order chi connectivity index (χ0) is 6.97. The number of nitrogens with zero attached hydrogens (tertiary/aromatic N) is 2. The smallest absolute Gasteiger partial charge is 0.0893 e. The maximum atomic E-state index is 3.96. The van der Waals surface area contributed by atoms with Gasteiger partial charge in [0.25, 0.3) is 0 Å². The Morgan fingerprint density at radius 2 is 2.40 bits per heavy atom.